The predicted octanol–water partition coefficient (Wildman–Crippen LogP) is 2.03. The Morgan fingerprint density at radius 2 is 2.50 bits per heavy atom. The Labute approximate surface area is 121 Å². The van der Waals surface area contributed by atoms with E-state index in [1.807, 2.05) is 19.1 Å². The molecule has 1 amide bonds. The minimum Gasteiger partial charge on any atom is -0.397 e. The molecule has 5 nitrogen and oxygen atoms in total. The molecule has 3 rings (SSSR count). The zero-order valence-corrected chi connectivity index (χ0v) is 12.1. The van der Waals surface area contributed by atoms with Gasteiger partial charge in [-0.15, -0.1) is 11.3 Å². The summed E-state index contributed by atoms with van der Waals surface area (Å²) < 4.78 is 5.35. The first-order valence-electron chi connectivity index (χ1n) is 6.68. The highest BCUT2D eigenvalue weighted by Gasteiger charge is 2.25. The van der Waals surface area contributed by atoms with Crippen LogP contribution in [0.1, 0.15) is 23.0 Å². The number of nitrogens with zero attached hydrogens (tertiary/aromatic N) is 1. The van der Waals surface area contributed by atoms with Crippen molar-refractivity contribution in [3.8, 4) is 0 Å². The van der Waals surface area contributed by atoms with Crippen molar-refractivity contribution < 1.29 is 9.53 Å². The first-order valence-corrected chi connectivity index (χ1v) is 7.50. The number of hydrogen-bond donors (Lipinski definition) is 2. The molecule has 3 heterocycles. The highest BCUT2D eigenvalue weighted by molar-refractivity contribution is 7.21. The third-order valence-electron chi connectivity index (χ3n) is 3.74. The number of hydrogen-bond acceptors (Lipinski definition) is 5. The van der Waals surface area contributed by atoms with Crippen molar-refractivity contribution >= 4 is 33.1 Å². The zero-order valence-electron chi connectivity index (χ0n) is 11.3. The highest BCUT2D eigenvalue weighted by atomic mass is 32.1. The smallest absolute Gasteiger partial charge is 0.263 e. The summed E-state index contributed by atoms with van der Waals surface area (Å²) in [4.78, 5) is 17.9. The van der Waals surface area contributed by atoms with Crippen LogP contribution in [0.5, 0.6) is 0 Å². The number of carbonyl (C=O) groups is 1. The molecule has 1 saturated heterocycles. The molecule has 1 fully saturated rings. The Balaban J connectivity index is 1.80. The second-order valence-electron chi connectivity index (χ2n) is 5.09. The van der Waals surface area contributed by atoms with E-state index in [1.165, 1.54) is 11.3 Å². The van der Waals surface area contributed by atoms with Gasteiger partial charge >= 0.3 is 0 Å². The molecule has 0 bridgehead atoms. The van der Waals surface area contributed by atoms with Gasteiger partial charge in [0.1, 0.15) is 9.71 Å². The molecular formula is C14H17N3O2S. The van der Waals surface area contributed by atoms with E-state index in [0.29, 0.717) is 23.1 Å². The summed E-state index contributed by atoms with van der Waals surface area (Å²) in [5.41, 5.74) is 6.57. The number of thiophene rings is 1. The summed E-state index contributed by atoms with van der Waals surface area (Å²) in [5, 5.41) is 3.87. The molecule has 0 aromatic carbocycles. The van der Waals surface area contributed by atoms with Gasteiger partial charge < -0.3 is 15.8 Å². The third-order valence-corrected chi connectivity index (χ3v) is 4.87. The summed E-state index contributed by atoms with van der Waals surface area (Å²) in [6.45, 7) is 3.50. The molecule has 3 N–H and O–H groups in total. The van der Waals surface area contributed by atoms with Crippen molar-refractivity contribution in [2.45, 2.75) is 19.4 Å². The molecule has 2 atom stereocenters. The number of rotatable bonds is 3. The topological polar surface area (TPSA) is 77.2 Å². The van der Waals surface area contributed by atoms with Crippen LogP contribution in [0.3, 0.4) is 0 Å². The quantitative estimate of drug-likeness (QED) is 0.907. The van der Waals surface area contributed by atoms with Crippen LogP contribution in [0.4, 0.5) is 5.69 Å². The SMILES string of the molecule is CC(NC(=O)c1sc2ncccc2c1N)C1CCOC1. The van der Waals surface area contributed by atoms with Crippen molar-refractivity contribution in [3.05, 3.63) is 23.2 Å². The fourth-order valence-electron chi connectivity index (χ4n) is 2.46. The normalized spacial score (nSPS) is 20.1. The van der Waals surface area contributed by atoms with Crippen LogP contribution in [0, 0.1) is 5.92 Å². The molecule has 0 spiro atoms. The second kappa shape index (κ2) is 5.38. The van der Waals surface area contributed by atoms with E-state index in [0.717, 1.165) is 23.2 Å². The first-order chi connectivity index (χ1) is 9.66. The fourth-order valence-corrected chi connectivity index (χ4v) is 3.42. The van der Waals surface area contributed by atoms with Gasteiger partial charge in [0.2, 0.25) is 0 Å². The monoisotopic (exact) mass is 291 g/mol. The average molecular weight is 291 g/mol. The van der Waals surface area contributed by atoms with Crippen LogP contribution in [-0.4, -0.2) is 30.1 Å². The first kappa shape index (κ1) is 13.3. The van der Waals surface area contributed by atoms with Crippen molar-refractivity contribution in [1.29, 1.82) is 0 Å². The van der Waals surface area contributed by atoms with Gasteiger partial charge in [-0.25, -0.2) is 4.98 Å². The van der Waals surface area contributed by atoms with Gasteiger partial charge in [0.15, 0.2) is 0 Å². The number of anilines is 1. The van der Waals surface area contributed by atoms with Gasteiger partial charge in [-0.05, 0) is 25.5 Å². The summed E-state index contributed by atoms with van der Waals surface area (Å²) in [7, 11) is 0. The van der Waals surface area contributed by atoms with Crippen LogP contribution >= 0.6 is 11.3 Å². The molecule has 0 aliphatic carbocycles. The van der Waals surface area contributed by atoms with E-state index >= 15 is 0 Å². The van der Waals surface area contributed by atoms with Gasteiger partial charge in [0, 0.05) is 30.1 Å². The number of carbonyl (C=O) groups excluding carboxylic acids is 1. The molecule has 106 valence electrons. The Morgan fingerprint density at radius 1 is 1.65 bits per heavy atom. The predicted molar refractivity (Wildman–Crippen MR) is 79.9 cm³/mol. The number of amides is 1. The van der Waals surface area contributed by atoms with Gasteiger partial charge in [-0.1, -0.05) is 0 Å². The van der Waals surface area contributed by atoms with Gasteiger partial charge in [0.05, 0.1) is 12.3 Å². The Morgan fingerprint density at radius 3 is 3.20 bits per heavy atom. The van der Waals surface area contributed by atoms with Crippen molar-refractivity contribution in [1.82, 2.24) is 10.3 Å². The van der Waals surface area contributed by atoms with Crippen LogP contribution < -0.4 is 11.1 Å². The number of pyridine rings is 1. The Hall–Kier alpha value is -1.66. The van der Waals surface area contributed by atoms with Crippen molar-refractivity contribution in [2.24, 2.45) is 5.92 Å². The van der Waals surface area contributed by atoms with Gasteiger partial charge in [-0.2, -0.15) is 0 Å². The summed E-state index contributed by atoms with van der Waals surface area (Å²) in [6.07, 6.45) is 2.70. The molecule has 2 aromatic heterocycles. The number of aromatic nitrogens is 1. The molecule has 1 aliphatic rings. The van der Waals surface area contributed by atoms with Crippen molar-refractivity contribution in [3.63, 3.8) is 0 Å². The Bertz CT molecular complexity index is 634. The maximum Gasteiger partial charge on any atom is 0.263 e. The third kappa shape index (κ3) is 2.36. The van der Waals surface area contributed by atoms with E-state index in [-0.39, 0.29) is 11.9 Å². The summed E-state index contributed by atoms with van der Waals surface area (Å²) in [6, 6.07) is 3.80. The lowest BCUT2D eigenvalue weighted by molar-refractivity contribution is 0.0927. The number of ether oxygens (including phenoxy) is 1. The van der Waals surface area contributed by atoms with E-state index in [2.05, 4.69) is 10.3 Å². The molecule has 2 unspecified atom stereocenters. The largest absolute Gasteiger partial charge is 0.397 e. The lowest BCUT2D eigenvalue weighted by Gasteiger charge is -2.18. The maximum atomic E-state index is 12.4. The molecule has 1 aliphatic heterocycles. The molecule has 0 saturated carbocycles. The van der Waals surface area contributed by atoms with Crippen LogP contribution in [0.25, 0.3) is 10.2 Å². The lowest BCUT2D eigenvalue weighted by atomic mass is 10.0. The molecule has 0 radical (unpaired) electrons. The number of nitrogen functional groups attached to an aromatic ring is 1. The number of fused-ring (bicyclic) bond motifs is 1. The molecule has 2 aromatic rings. The number of nitrogens with two attached hydrogens (primary N) is 1. The van der Waals surface area contributed by atoms with Crippen LogP contribution in [0.15, 0.2) is 18.3 Å². The average Bonchev–Trinajstić information content (AvgIpc) is 3.07. The minimum atomic E-state index is -0.120. The van der Waals surface area contributed by atoms with Gasteiger partial charge in [0.25, 0.3) is 5.91 Å². The zero-order chi connectivity index (χ0) is 14.1. The molecule has 6 heteroatoms. The van der Waals surface area contributed by atoms with E-state index in [1.54, 1.807) is 6.20 Å². The number of nitrogens with one attached hydrogen (secondary N) is 1. The van der Waals surface area contributed by atoms with Gasteiger partial charge in [-0.3, -0.25) is 4.79 Å². The van der Waals surface area contributed by atoms with E-state index in [4.69, 9.17) is 10.5 Å². The standard InChI is InChI=1S/C14H17N3O2S/c1-8(9-4-6-19-7-9)17-13(18)12-11(15)10-3-2-5-16-14(10)20-12/h2-3,5,8-9H,4,6-7,15H2,1H3,(H,17,18). The lowest BCUT2D eigenvalue weighted by Crippen LogP contribution is -2.38. The van der Waals surface area contributed by atoms with E-state index < -0.39 is 0 Å². The second-order valence-corrected chi connectivity index (χ2v) is 6.09. The summed E-state index contributed by atoms with van der Waals surface area (Å²) in [5.74, 6) is 0.262. The fraction of sp³-hybridized carbons (Fsp3) is 0.429. The van der Waals surface area contributed by atoms with E-state index in [9.17, 15) is 4.79 Å². The Kier molecular flexibility index (Phi) is 3.58. The van der Waals surface area contributed by atoms with Crippen LogP contribution in [-0.2, 0) is 4.74 Å². The summed E-state index contributed by atoms with van der Waals surface area (Å²) >= 11 is 1.34. The maximum absolute atomic E-state index is 12.4. The highest BCUT2D eigenvalue weighted by Crippen LogP contribution is 2.32. The molecular weight excluding hydrogens is 274 g/mol. The van der Waals surface area contributed by atoms with Crippen molar-refractivity contribution in [2.75, 3.05) is 18.9 Å². The van der Waals surface area contributed by atoms with Crippen LogP contribution in [0.2, 0.25) is 0 Å². The minimum absolute atomic E-state index is 0.0857. The molecule has 20 heavy (non-hydrogen) atoms.